The quantitative estimate of drug-likeness (QED) is 0.509. The molecule has 0 aliphatic carbocycles. The van der Waals surface area contributed by atoms with Crippen LogP contribution in [0.3, 0.4) is 0 Å². The molecule has 0 saturated carbocycles. The van der Waals surface area contributed by atoms with Crippen molar-refractivity contribution in [1.29, 1.82) is 0 Å². The molecule has 0 unspecified atom stereocenters. The van der Waals surface area contributed by atoms with Gasteiger partial charge >= 0.3 is 0 Å². The molecule has 17 heavy (non-hydrogen) atoms. The molecule has 0 N–H and O–H groups in total. The minimum atomic E-state index is 1.06. The molecule has 0 radical (unpaired) electrons. The zero-order chi connectivity index (χ0) is 11.5. The Bertz CT molecular complexity index is 696. The fourth-order valence-corrected chi connectivity index (χ4v) is 2.63. The van der Waals surface area contributed by atoms with Gasteiger partial charge in [0.25, 0.3) is 0 Å². The smallest absolute Gasteiger partial charge is 0.0434 e. The normalized spacial score (nSPS) is 9.88. The Labute approximate surface area is 105 Å². The van der Waals surface area contributed by atoms with Gasteiger partial charge in [0.1, 0.15) is 0 Å². The second-order valence-corrected chi connectivity index (χ2v) is 4.67. The molecule has 0 bridgehead atoms. The Morgan fingerprint density at radius 2 is 1.53 bits per heavy atom. The molecule has 2 aromatic carbocycles. The van der Waals surface area contributed by atoms with Gasteiger partial charge in [0.15, 0.2) is 0 Å². The Morgan fingerprint density at radius 3 is 2.41 bits per heavy atom. The van der Waals surface area contributed by atoms with Gasteiger partial charge in [0.2, 0.25) is 0 Å². The van der Waals surface area contributed by atoms with E-state index in [1.807, 2.05) is 30.3 Å². The van der Waals surface area contributed by atoms with Crippen molar-refractivity contribution in [2.75, 3.05) is 0 Å². The first-order valence-corrected chi connectivity index (χ1v) is 6.35. The maximum Gasteiger partial charge on any atom is 0.0434 e. The first-order chi connectivity index (χ1) is 8.43. The summed E-state index contributed by atoms with van der Waals surface area (Å²) >= 11 is 1.75. The van der Waals surface area contributed by atoms with E-state index in [0.29, 0.717) is 0 Å². The van der Waals surface area contributed by atoms with Gasteiger partial charge in [-0.3, -0.25) is 0 Å². The highest BCUT2D eigenvalue weighted by atomic mass is 32.1. The average molecular weight is 234 g/mol. The summed E-state index contributed by atoms with van der Waals surface area (Å²) in [4.78, 5) is 0. The molecule has 0 saturated heterocycles. The number of hydrogen-bond donors (Lipinski definition) is 0. The van der Waals surface area contributed by atoms with Crippen LogP contribution in [0.5, 0.6) is 0 Å². The molecular weight excluding hydrogens is 224 g/mol. The zero-order valence-corrected chi connectivity index (χ0v) is 10.00. The standard InChI is InChI=1S/C16H10S/c1-2-6-13(7-3-1)10-11-14-12-17-16-9-5-4-8-15(14)16/h1-9,12H. The molecule has 0 nitrogen and oxygen atoms in total. The largest absolute Gasteiger partial charge is 0.142 e. The third-order valence-electron chi connectivity index (χ3n) is 2.60. The number of rotatable bonds is 0. The van der Waals surface area contributed by atoms with E-state index in [9.17, 15) is 0 Å². The summed E-state index contributed by atoms with van der Waals surface area (Å²) in [5.41, 5.74) is 2.18. The van der Waals surface area contributed by atoms with Crippen molar-refractivity contribution in [2.24, 2.45) is 0 Å². The zero-order valence-electron chi connectivity index (χ0n) is 9.18. The van der Waals surface area contributed by atoms with Gasteiger partial charge in [-0.25, -0.2) is 0 Å². The second kappa shape index (κ2) is 4.45. The van der Waals surface area contributed by atoms with Crippen LogP contribution in [-0.4, -0.2) is 0 Å². The van der Waals surface area contributed by atoms with Crippen LogP contribution in [0.15, 0.2) is 60.0 Å². The molecule has 1 heterocycles. The van der Waals surface area contributed by atoms with Crippen molar-refractivity contribution in [2.45, 2.75) is 0 Å². The molecule has 0 aliphatic rings. The average Bonchev–Trinajstić information content (AvgIpc) is 2.81. The third kappa shape index (κ3) is 2.08. The fourth-order valence-electron chi connectivity index (χ4n) is 1.74. The first-order valence-electron chi connectivity index (χ1n) is 5.47. The van der Waals surface area contributed by atoms with Crippen molar-refractivity contribution in [3.05, 3.63) is 71.1 Å². The van der Waals surface area contributed by atoms with Crippen LogP contribution in [0.25, 0.3) is 10.1 Å². The number of thiophene rings is 1. The van der Waals surface area contributed by atoms with Crippen molar-refractivity contribution in [3.8, 4) is 11.8 Å². The summed E-state index contributed by atoms with van der Waals surface area (Å²) in [6, 6.07) is 18.5. The lowest BCUT2D eigenvalue weighted by Crippen LogP contribution is -1.73. The summed E-state index contributed by atoms with van der Waals surface area (Å²) in [6.45, 7) is 0. The summed E-state index contributed by atoms with van der Waals surface area (Å²) in [5, 5.41) is 3.38. The van der Waals surface area contributed by atoms with E-state index in [1.54, 1.807) is 11.3 Å². The van der Waals surface area contributed by atoms with Crippen molar-refractivity contribution in [3.63, 3.8) is 0 Å². The van der Waals surface area contributed by atoms with Crippen molar-refractivity contribution in [1.82, 2.24) is 0 Å². The highest BCUT2D eigenvalue weighted by Crippen LogP contribution is 2.24. The highest BCUT2D eigenvalue weighted by Gasteiger charge is 1.99. The van der Waals surface area contributed by atoms with Crippen molar-refractivity contribution < 1.29 is 0 Å². The molecular formula is C16H10S. The first kappa shape index (κ1) is 10.1. The van der Waals surface area contributed by atoms with Crippen LogP contribution in [0.4, 0.5) is 0 Å². The number of fused-ring (bicyclic) bond motifs is 1. The number of benzene rings is 2. The van der Waals surface area contributed by atoms with Crippen LogP contribution < -0.4 is 0 Å². The predicted molar refractivity (Wildman–Crippen MR) is 74.2 cm³/mol. The minimum Gasteiger partial charge on any atom is -0.142 e. The fraction of sp³-hybridized carbons (Fsp3) is 0. The molecule has 0 atom stereocenters. The van der Waals surface area contributed by atoms with E-state index in [4.69, 9.17) is 0 Å². The van der Waals surface area contributed by atoms with Gasteiger partial charge < -0.3 is 0 Å². The van der Waals surface area contributed by atoms with Crippen LogP contribution in [-0.2, 0) is 0 Å². The van der Waals surface area contributed by atoms with Gasteiger partial charge in [0.05, 0.1) is 0 Å². The molecule has 0 spiro atoms. The third-order valence-corrected chi connectivity index (χ3v) is 3.56. The maximum atomic E-state index is 3.24. The van der Waals surface area contributed by atoms with Crippen LogP contribution >= 0.6 is 11.3 Å². The summed E-state index contributed by atoms with van der Waals surface area (Å²) < 4.78 is 1.30. The summed E-state index contributed by atoms with van der Waals surface area (Å²) in [5.74, 6) is 6.44. The van der Waals surface area contributed by atoms with E-state index >= 15 is 0 Å². The molecule has 1 aromatic heterocycles. The van der Waals surface area contributed by atoms with Crippen LogP contribution in [0.1, 0.15) is 11.1 Å². The van der Waals surface area contributed by atoms with Crippen LogP contribution in [0.2, 0.25) is 0 Å². The van der Waals surface area contributed by atoms with Gasteiger partial charge in [-0.1, -0.05) is 48.2 Å². The lowest BCUT2D eigenvalue weighted by atomic mass is 10.1. The minimum absolute atomic E-state index is 1.06. The molecule has 0 fully saturated rings. The van der Waals surface area contributed by atoms with E-state index in [2.05, 4.69) is 41.5 Å². The Kier molecular flexibility index (Phi) is 2.65. The predicted octanol–water partition coefficient (Wildman–Crippen LogP) is 4.30. The van der Waals surface area contributed by atoms with Gasteiger partial charge in [0, 0.05) is 26.6 Å². The molecule has 3 aromatic rings. The van der Waals surface area contributed by atoms with Gasteiger partial charge in [-0.15, -0.1) is 11.3 Å². The summed E-state index contributed by atoms with van der Waals surface area (Å²) in [7, 11) is 0. The Balaban J connectivity index is 2.04. The highest BCUT2D eigenvalue weighted by molar-refractivity contribution is 7.17. The Hall–Kier alpha value is -2.04. The molecule has 1 heteroatoms. The van der Waals surface area contributed by atoms with Crippen molar-refractivity contribution >= 4 is 21.4 Å². The topological polar surface area (TPSA) is 0 Å². The monoisotopic (exact) mass is 234 g/mol. The molecule has 0 amide bonds. The molecule has 0 aliphatic heterocycles. The number of hydrogen-bond acceptors (Lipinski definition) is 1. The van der Waals surface area contributed by atoms with E-state index in [1.165, 1.54) is 10.1 Å². The van der Waals surface area contributed by atoms with E-state index in [-0.39, 0.29) is 0 Å². The van der Waals surface area contributed by atoms with E-state index in [0.717, 1.165) is 11.1 Å². The maximum absolute atomic E-state index is 3.24. The van der Waals surface area contributed by atoms with Crippen LogP contribution in [0, 0.1) is 11.8 Å². The van der Waals surface area contributed by atoms with Gasteiger partial charge in [-0.2, -0.15) is 0 Å². The lowest BCUT2D eigenvalue weighted by molar-refractivity contribution is 1.65. The molecule has 3 rings (SSSR count). The SMILES string of the molecule is C(#Cc1csc2ccccc12)c1ccccc1. The second-order valence-electron chi connectivity index (χ2n) is 3.76. The molecule has 80 valence electrons. The van der Waals surface area contributed by atoms with Gasteiger partial charge in [-0.05, 0) is 18.2 Å². The van der Waals surface area contributed by atoms with E-state index < -0.39 is 0 Å². The lowest BCUT2D eigenvalue weighted by Gasteiger charge is -1.89. The summed E-state index contributed by atoms with van der Waals surface area (Å²) in [6.07, 6.45) is 0. The Morgan fingerprint density at radius 1 is 0.765 bits per heavy atom.